The molecule has 0 radical (unpaired) electrons. The molecule has 0 aromatic heterocycles. The van der Waals surface area contributed by atoms with Gasteiger partial charge in [-0.1, -0.05) is 58.4 Å². The van der Waals surface area contributed by atoms with Crippen LogP contribution in [0.3, 0.4) is 0 Å². The largest absolute Gasteiger partial charge is 0.493 e. The van der Waals surface area contributed by atoms with Gasteiger partial charge in [0.05, 0.1) is 26.2 Å². The zero-order valence-corrected chi connectivity index (χ0v) is 21.5. The smallest absolute Gasteiger partial charge is 0.307 e. The van der Waals surface area contributed by atoms with Gasteiger partial charge in [0.1, 0.15) is 6.61 Å². The van der Waals surface area contributed by atoms with E-state index in [1.807, 2.05) is 54.6 Å². The fraction of sp³-hybridized carbons (Fsp3) is 0.321. The van der Waals surface area contributed by atoms with E-state index in [1.54, 1.807) is 14.2 Å². The van der Waals surface area contributed by atoms with Crippen LogP contribution in [0.5, 0.6) is 17.2 Å². The number of carbonyl (C=O) groups is 1. The summed E-state index contributed by atoms with van der Waals surface area (Å²) in [7, 11) is 3.23. The zero-order valence-electron chi connectivity index (χ0n) is 19.9. The van der Waals surface area contributed by atoms with E-state index in [0.717, 1.165) is 34.1 Å². The Kier molecular flexibility index (Phi) is 8.31. The highest BCUT2D eigenvalue weighted by Crippen LogP contribution is 2.43. The maximum atomic E-state index is 11.8. The van der Waals surface area contributed by atoms with Crippen molar-refractivity contribution in [2.75, 3.05) is 27.3 Å². The van der Waals surface area contributed by atoms with Gasteiger partial charge in [0.15, 0.2) is 11.5 Å². The summed E-state index contributed by atoms with van der Waals surface area (Å²) >= 11 is 3.59. The average molecular weight is 540 g/mol. The maximum Gasteiger partial charge on any atom is 0.307 e. The molecule has 0 amide bonds. The first-order chi connectivity index (χ1) is 17.0. The van der Waals surface area contributed by atoms with Crippen molar-refractivity contribution in [3.8, 4) is 17.2 Å². The van der Waals surface area contributed by atoms with E-state index in [-0.39, 0.29) is 6.04 Å². The van der Waals surface area contributed by atoms with Gasteiger partial charge in [-0.05, 0) is 60.3 Å². The minimum absolute atomic E-state index is 0.166. The van der Waals surface area contributed by atoms with Gasteiger partial charge in [-0.25, -0.2) is 0 Å². The number of benzene rings is 3. The predicted molar refractivity (Wildman–Crippen MR) is 138 cm³/mol. The summed E-state index contributed by atoms with van der Waals surface area (Å²) in [6.45, 7) is 1.66. The van der Waals surface area contributed by atoms with Gasteiger partial charge in [0, 0.05) is 11.0 Å². The topological polar surface area (TPSA) is 68.2 Å². The lowest BCUT2D eigenvalue weighted by molar-refractivity contribution is -0.143. The van der Waals surface area contributed by atoms with Crippen molar-refractivity contribution >= 4 is 21.9 Å². The van der Waals surface area contributed by atoms with E-state index in [1.165, 1.54) is 0 Å². The molecule has 7 heteroatoms. The first-order valence-electron chi connectivity index (χ1n) is 11.6. The number of likely N-dealkylation sites (tertiary alicyclic amines) is 1. The molecule has 1 aliphatic rings. The first kappa shape index (κ1) is 25.1. The number of rotatable bonds is 9. The first-order valence-corrected chi connectivity index (χ1v) is 12.4. The molecule has 6 nitrogen and oxygen atoms in total. The fourth-order valence-corrected chi connectivity index (χ4v) is 5.08. The number of hydrogen-bond acceptors (Lipinski definition) is 5. The molecular weight excluding hydrogens is 510 g/mol. The highest BCUT2D eigenvalue weighted by Gasteiger charge is 2.32. The number of ether oxygens (including phenoxy) is 3. The summed E-state index contributed by atoms with van der Waals surface area (Å²) in [4.78, 5) is 14.0. The lowest BCUT2D eigenvalue weighted by Crippen LogP contribution is -2.41. The van der Waals surface area contributed by atoms with Crippen LogP contribution in [0.2, 0.25) is 0 Å². The van der Waals surface area contributed by atoms with Gasteiger partial charge in [-0.2, -0.15) is 0 Å². The molecule has 0 aliphatic carbocycles. The number of methoxy groups -OCH3 is 2. The van der Waals surface area contributed by atoms with Crippen molar-refractivity contribution in [1.82, 2.24) is 4.90 Å². The van der Waals surface area contributed by atoms with Gasteiger partial charge in [0.25, 0.3) is 0 Å². The van der Waals surface area contributed by atoms with E-state index in [0.29, 0.717) is 36.8 Å². The minimum atomic E-state index is -0.748. The summed E-state index contributed by atoms with van der Waals surface area (Å²) < 4.78 is 18.6. The van der Waals surface area contributed by atoms with E-state index >= 15 is 0 Å². The summed E-state index contributed by atoms with van der Waals surface area (Å²) in [5.41, 5.74) is 3.06. The molecule has 1 aliphatic heterocycles. The molecule has 2 unspecified atom stereocenters. The second kappa shape index (κ2) is 11.6. The van der Waals surface area contributed by atoms with E-state index in [9.17, 15) is 9.90 Å². The minimum Gasteiger partial charge on any atom is -0.493 e. The van der Waals surface area contributed by atoms with Crippen molar-refractivity contribution in [3.05, 3.63) is 87.9 Å². The number of nitrogens with zero attached hydrogens (tertiary/aromatic N) is 1. The quantitative estimate of drug-likeness (QED) is 0.363. The summed E-state index contributed by atoms with van der Waals surface area (Å²) in [6, 6.07) is 21.8. The maximum absolute atomic E-state index is 11.8. The Morgan fingerprint density at radius 2 is 1.74 bits per heavy atom. The van der Waals surface area contributed by atoms with Gasteiger partial charge < -0.3 is 19.3 Å². The molecule has 1 N–H and O–H groups in total. The van der Waals surface area contributed by atoms with Crippen molar-refractivity contribution in [3.63, 3.8) is 0 Å². The Hall–Kier alpha value is -3.03. The third-order valence-electron chi connectivity index (χ3n) is 6.36. The molecule has 0 saturated carbocycles. The molecule has 3 aromatic rings. The third kappa shape index (κ3) is 5.97. The van der Waals surface area contributed by atoms with Crippen LogP contribution in [0.15, 0.2) is 71.2 Å². The Balaban J connectivity index is 1.74. The molecule has 35 heavy (non-hydrogen) atoms. The fourth-order valence-electron chi connectivity index (χ4n) is 4.66. The molecule has 1 saturated heterocycles. The van der Waals surface area contributed by atoms with Gasteiger partial charge in [-0.3, -0.25) is 9.69 Å². The van der Waals surface area contributed by atoms with Gasteiger partial charge in [-0.15, -0.1) is 0 Å². The van der Waals surface area contributed by atoms with Crippen LogP contribution in [-0.2, 0) is 11.4 Å². The van der Waals surface area contributed by atoms with Crippen molar-refractivity contribution in [1.29, 1.82) is 0 Å². The standard InChI is InChI=1S/C28H30BrNO5/c1-33-24-15-22(16-25(34-2)27(24)35-18-19-8-4-3-5-9-19)26(20-10-6-12-23(29)14-20)30-13-7-11-21(17-30)28(31)32/h3-6,8-10,12,14-16,21,26H,7,11,13,17-18H2,1-2H3,(H,31,32). The van der Waals surface area contributed by atoms with E-state index < -0.39 is 11.9 Å². The summed E-state index contributed by atoms with van der Waals surface area (Å²) in [5.74, 6) is 0.542. The van der Waals surface area contributed by atoms with Crippen LogP contribution in [0.1, 0.15) is 35.6 Å². The molecule has 1 fully saturated rings. The van der Waals surface area contributed by atoms with E-state index in [4.69, 9.17) is 14.2 Å². The average Bonchev–Trinajstić information content (AvgIpc) is 2.88. The molecule has 0 spiro atoms. The Labute approximate surface area is 214 Å². The lowest BCUT2D eigenvalue weighted by Gasteiger charge is -2.38. The second-order valence-electron chi connectivity index (χ2n) is 8.66. The van der Waals surface area contributed by atoms with Crippen LogP contribution in [-0.4, -0.2) is 43.3 Å². The molecule has 1 heterocycles. The second-order valence-corrected chi connectivity index (χ2v) is 9.57. The van der Waals surface area contributed by atoms with Crippen molar-refractivity contribution in [2.24, 2.45) is 5.92 Å². The van der Waals surface area contributed by atoms with Crippen LogP contribution in [0.25, 0.3) is 0 Å². The van der Waals surface area contributed by atoms with E-state index in [2.05, 4.69) is 33.0 Å². The number of aliphatic carboxylic acids is 1. The van der Waals surface area contributed by atoms with Crippen LogP contribution >= 0.6 is 15.9 Å². The zero-order chi connectivity index (χ0) is 24.8. The van der Waals surface area contributed by atoms with Crippen molar-refractivity contribution in [2.45, 2.75) is 25.5 Å². The van der Waals surface area contributed by atoms with Crippen molar-refractivity contribution < 1.29 is 24.1 Å². The molecule has 3 aromatic carbocycles. The Bertz CT molecular complexity index is 1130. The van der Waals surface area contributed by atoms with Crippen LogP contribution < -0.4 is 14.2 Å². The third-order valence-corrected chi connectivity index (χ3v) is 6.85. The summed E-state index contributed by atoms with van der Waals surface area (Å²) in [6.07, 6.45) is 1.52. The molecule has 0 bridgehead atoms. The lowest BCUT2D eigenvalue weighted by atomic mass is 9.91. The predicted octanol–water partition coefficient (Wildman–Crippen LogP) is 5.93. The molecule has 4 rings (SSSR count). The molecule has 2 atom stereocenters. The Morgan fingerprint density at radius 3 is 2.37 bits per heavy atom. The Morgan fingerprint density at radius 1 is 1.03 bits per heavy atom. The van der Waals surface area contributed by atoms with Gasteiger partial charge in [0.2, 0.25) is 5.75 Å². The van der Waals surface area contributed by atoms with Gasteiger partial charge >= 0.3 is 5.97 Å². The number of piperidine rings is 1. The number of halogens is 1. The highest BCUT2D eigenvalue weighted by atomic mass is 79.9. The van der Waals surface area contributed by atoms with Crippen LogP contribution in [0.4, 0.5) is 0 Å². The molecule has 184 valence electrons. The normalized spacial score (nSPS) is 16.9. The summed E-state index contributed by atoms with van der Waals surface area (Å²) in [5, 5.41) is 9.69. The molecular formula is C28H30BrNO5. The highest BCUT2D eigenvalue weighted by molar-refractivity contribution is 9.10. The monoisotopic (exact) mass is 539 g/mol. The van der Waals surface area contributed by atoms with Crippen LogP contribution in [0, 0.1) is 5.92 Å². The number of carboxylic acid groups (broad SMARTS) is 1. The SMILES string of the molecule is COc1cc(C(c2cccc(Br)c2)N2CCCC(C(=O)O)C2)cc(OC)c1OCc1ccccc1. The number of carboxylic acids is 1. The number of hydrogen-bond donors (Lipinski definition) is 1.